The number of aliphatic hydroxyl groups excluding tert-OH is 1. The molecule has 174 valence electrons. The number of hydrogen-bond acceptors (Lipinski definition) is 4. The molecule has 8 heteroatoms. The van der Waals surface area contributed by atoms with Gasteiger partial charge in [-0.2, -0.15) is 0 Å². The molecular weight excluding hydrogens is 435 g/mol. The second-order valence-electron chi connectivity index (χ2n) is 8.07. The minimum absolute atomic E-state index is 0.125. The molecule has 7 nitrogen and oxygen atoms in total. The second kappa shape index (κ2) is 10.7. The fraction of sp³-hybridized carbons (Fsp3) is 0.192. The molecular formula is C26H25FN4O3. The van der Waals surface area contributed by atoms with Crippen LogP contribution in [0.3, 0.4) is 0 Å². The van der Waals surface area contributed by atoms with E-state index in [1.165, 1.54) is 12.1 Å². The zero-order valence-electron chi connectivity index (χ0n) is 18.4. The van der Waals surface area contributed by atoms with E-state index in [0.29, 0.717) is 5.56 Å². The van der Waals surface area contributed by atoms with E-state index in [-0.39, 0.29) is 25.2 Å². The maximum atomic E-state index is 13.3. The number of aliphatic hydroxyl groups is 1. The first-order valence-corrected chi connectivity index (χ1v) is 10.9. The van der Waals surface area contributed by atoms with Crippen LogP contribution in [0.15, 0.2) is 79.1 Å². The zero-order valence-corrected chi connectivity index (χ0v) is 18.4. The van der Waals surface area contributed by atoms with Gasteiger partial charge in [-0.1, -0.05) is 42.5 Å². The van der Waals surface area contributed by atoms with Gasteiger partial charge in [-0.15, -0.1) is 0 Å². The van der Waals surface area contributed by atoms with Crippen LogP contribution >= 0.6 is 0 Å². The quantitative estimate of drug-likeness (QED) is 0.308. The van der Waals surface area contributed by atoms with Crippen LogP contribution in [0, 0.1) is 5.82 Å². The first-order valence-electron chi connectivity index (χ1n) is 10.9. The summed E-state index contributed by atoms with van der Waals surface area (Å²) < 4.78 is 13.3. The fourth-order valence-electron chi connectivity index (χ4n) is 3.66. The summed E-state index contributed by atoms with van der Waals surface area (Å²) in [6.45, 7) is 0.218. The normalized spacial score (nSPS) is 12.8. The van der Waals surface area contributed by atoms with Gasteiger partial charge in [0.2, 0.25) is 11.8 Å². The minimum atomic E-state index is -1.31. The zero-order chi connectivity index (χ0) is 23.9. The van der Waals surface area contributed by atoms with Crippen molar-refractivity contribution >= 4 is 22.8 Å². The third-order valence-corrected chi connectivity index (χ3v) is 5.48. The van der Waals surface area contributed by atoms with Gasteiger partial charge >= 0.3 is 0 Å². The second-order valence-corrected chi connectivity index (χ2v) is 8.07. The number of H-pyrrole nitrogens is 1. The predicted octanol–water partition coefficient (Wildman–Crippen LogP) is 2.65. The lowest BCUT2D eigenvalue weighted by Crippen LogP contribution is -2.51. The van der Waals surface area contributed by atoms with Gasteiger partial charge in [-0.05, 0) is 41.0 Å². The van der Waals surface area contributed by atoms with Gasteiger partial charge in [0.25, 0.3) is 0 Å². The van der Waals surface area contributed by atoms with E-state index in [2.05, 4.69) is 20.6 Å². The molecule has 4 N–H and O–H groups in total. The Morgan fingerprint density at radius 3 is 2.44 bits per heavy atom. The number of hydrogen-bond donors (Lipinski definition) is 4. The smallest absolute Gasteiger partial charge is 0.249 e. The summed E-state index contributed by atoms with van der Waals surface area (Å²) in [7, 11) is 0. The number of halogens is 1. The molecule has 2 atom stereocenters. The Bertz CT molecular complexity index is 1260. The van der Waals surface area contributed by atoms with Crippen LogP contribution < -0.4 is 10.6 Å². The number of carbonyl (C=O) groups is 2. The highest BCUT2D eigenvalue weighted by Gasteiger charge is 2.25. The Hall–Kier alpha value is -4.04. The summed E-state index contributed by atoms with van der Waals surface area (Å²) in [6, 6.07) is 17.7. The summed E-state index contributed by atoms with van der Waals surface area (Å²) in [5, 5.41) is 16.8. The Morgan fingerprint density at radius 1 is 0.941 bits per heavy atom. The lowest BCUT2D eigenvalue weighted by molar-refractivity contribution is -0.134. The SMILES string of the molecule is O=C(N[C@@H](Cc1ccc(F)cc1)C(=O)NCc1cnc2[nH]ccc2c1)[C@H](O)Cc1ccccc1. The molecule has 0 aliphatic rings. The third kappa shape index (κ3) is 6.05. The molecule has 2 aromatic carbocycles. The number of nitrogens with zero attached hydrogens (tertiary/aromatic N) is 1. The van der Waals surface area contributed by atoms with E-state index >= 15 is 0 Å². The number of amides is 2. The maximum absolute atomic E-state index is 13.3. The molecule has 0 fully saturated rings. The standard InChI is InChI=1S/C26H25FN4O3/c27-21-8-6-18(7-9-21)13-22(31-26(34)23(32)14-17-4-2-1-3-5-17)25(33)30-16-19-12-20-10-11-28-24(20)29-15-19/h1-12,15,22-23,32H,13-14,16H2,(H,28,29)(H,30,33)(H,31,34)/t22-,23+/m0/s1. The van der Waals surface area contributed by atoms with Gasteiger partial charge in [-0.25, -0.2) is 9.37 Å². The minimum Gasteiger partial charge on any atom is -0.383 e. The number of benzene rings is 2. The van der Waals surface area contributed by atoms with Crippen molar-refractivity contribution in [2.75, 3.05) is 0 Å². The van der Waals surface area contributed by atoms with Crippen molar-refractivity contribution in [3.05, 3.63) is 102 Å². The molecule has 0 unspecified atom stereocenters. The van der Waals surface area contributed by atoms with Crippen LogP contribution in [-0.4, -0.2) is 39.0 Å². The number of pyridine rings is 1. The van der Waals surface area contributed by atoms with E-state index in [0.717, 1.165) is 22.2 Å². The number of carbonyl (C=O) groups excluding carboxylic acids is 2. The first-order chi connectivity index (χ1) is 16.5. The average Bonchev–Trinajstić information content (AvgIpc) is 3.32. The summed E-state index contributed by atoms with van der Waals surface area (Å²) in [5.74, 6) is -1.46. The van der Waals surface area contributed by atoms with Crippen LogP contribution in [0.5, 0.6) is 0 Å². The van der Waals surface area contributed by atoms with Crippen molar-refractivity contribution in [3.8, 4) is 0 Å². The molecule has 0 radical (unpaired) electrons. The van der Waals surface area contributed by atoms with Crippen molar-refractivity contribution in [3.63, 3.8) is 0 Å². The van der Waals surface area contributed by atoms with Gasteiger partial charge in [0.1, 0.15) is 23.6 Å². The van der Waals surface area contributed by atoms with Crippen molar-refractivity contribution in [1.29, 1.82) is 0 Å². The molecule has 2 aromatic heterocycles. The number of aromatic nitrogens is 2. The molecule has 2 amide bonds. The topological polar surface area (TPSA) is 107 Å². The average molecular weight is 461 g/mol. The molecule has 4 aromatic rings. The molecule has 2 heterocycles. The van der Waals surface area contributed by atoms with Gasteiger partial charge in [-0.3, -0.25) is 9.59 Å². The maximum Gasteiger partial charge on any atom is 0.249 e. The summed E-state index contributed by atoms with van der Waals surface area (Å²) in [6.07, 6.45) is 2.40. The number of fused-ring (bicyclic) bond motifs is 1. The molecule has 0 saturated heterocycles. The molecule has 0 aliphatic heterocycles. The van der Waals surface area contributed by atoms with E-state index in [9.17, 15) is 19.1 Å². The summed E-state index contributed by atoms with van der Waals surface area (Å²) in [4.78, 5) is 33.0. The molecule has 0 aliphatic carbocycles. The molecule has 0 spiro atoms. The number of rotatable bonds is 9. The Morgan fingerprint density at radius 2 is 1.68 bits per heavy atom. The van der Waals surface area contributed by atoms with Crippen LogP contribution in [0.25, 0.3) is 11.0 Å². The van der Waals surface area contributed by atoms with E-state index in [1.807, 2.05) is 42.5 Å². The molecule has 0 saturated carbocycles. The van der Waals surface area contributed by atoms with Crippen molar-refractivity contribution in [1.82, 2.24) is 20.6 Å². The summed E-state index contributed by atoms with van der Waals surface area (Å²) in [5.41, 5.74) is 3.03. The van der Waals surface area contributed by atoms with Gasteiger partial charge < -0.3 is 20.7 Å². The Labute approximate surface area is 196 Å². The highest BCUT2D eigenvalue weighted by molar-refractivity contribution is 5.89. The van der Waals surface area contributed by atoms with E-state index < -0.39 is 24.0 Å². The molecule has 4 rings (SSSR count). The van der Waals surface area contributed by atoms with Crippen LogP contribution in [0.2, 0.25) is 0 Å². The van der Waals surface area contributed by atoms with Crippen molar-refractivity contribution < 1.29 is 19.1 Å². The van der Waals surface area contributed by atoms with Gasteiger partial charge in [0.15, 0.2) is 0 Å². The first kappa shape index (κ1) is 23.1. The fourth-order valence-corrected chi connectivity index (χ4v) is 3.66. The Balaban J connectivity index is 1.43. The van der Waals surface area contributed by atoms with Crippen LogP contribution in [-0.2, 0) is 29.0 Å². The van der Waals surface area contributed by atoms with Gasteiger partial charge in [0.05, 0.1) is 0 Å². The van der Waals surface area contributed by atoms with E-state index in [1.54, 1.807) is 24.5 Å². The lowest BCUT2D eigenvalue weighted by Gasteiger charge is -2.21. The Kier molecular flexibility index (Phi) is 7.29. The predicted molar refractivity (Wildman–Crippen MR) is 126 cm³/mol. The molecule has 34 heavy (non-hydrogen) atoms. The van der Waals surface area contributed by atoms with Gasteiger partial charge in [0, 0.05) is 37.2 Å². The van der Waals surface area contributed by atoms with Crippen LogP contribution in [0.1, 0.15) is 16.7 Å². The highest BCUT2D eigenvalue weighted by atomic mass is 19.1. The number of aromatic amines is 1. The largest absolute Gasteiger partial charge is 0.383 e. The van der Waals surface area contributed by atoms with E-state index in [4.69, 9.17) is 0 Å². The number of nitrogens with one attached hydrogen (secondary N) is 3. The van der Waals surface area contributed by atoms with Crippen molar-refractivity contribution in [2.24, 2.45) is 0 Å². The van der Waals surface area contributed by atoms with Crippen molar-refractivity contribution in [2.45, 2.75) is 31.5 Å². The third-order valence-electron chi connectivity index (χ3n) is 5.48. The highest BCUT2D eigenvalue weighted by Crippen LogP contribution is 2.12. The lowest BCUT2D eigenvalue weighted by atomic mass is 10.0. The van der Waals surface area contributed by atoms with Crippen LogP contribution in [0.4, 0.5) is 4.39 Å². The molecule has 0 bridgehead atoms. The monoisotopic (exact) mass is 460 g/mol. The summed E-state index contributed by atoms with van der Waals surface area (Å²) >= 11 is 0.